The van der Waals surface area contributed by atoms with Gasteiger partial charge in [-0.2, -0.15) is 0 Å². The molecule has 1 fully saturated rings. The van der Waals surface area contributed by atoms with Crippen molar-refractivity contribution >= 4 is 0 Å². The molecule has 1 nitrogen and oxygen atoms in total. The lowest BCUT2D eigenvalue weighted by Crippen LogP contribution is -2.36. The lowest BCUT2D eigenvalue weighted by molar-refractivity contribution is 0.104. The predicted molar refractivity (Wildman–Crippen MR) is 45.4 cm³/mol. The van der Waals surface area contributed by atoms with Crippen LogP contribution >= 0.6 is 0 Å². The fourth-order valence-electron chi connectivity index (χ4n) is 1.29. The lowest BCUT2D eigenvalue weighted by atomic mass is 10.1. The standard InChI is InChI=1S/C9H17F2N/c1-6(8-3-4-8)5-12-7(2)9(10)11/h6-9,12H,3-5H2,1-2H3. The van der Waals surface area contributed by atoms with Crippen LogP contribution in [0, 0.1) is 11.8 Å². The van der Waals surface area contributed by atoms with E-state index in [1.807, 2.05) is 0 Å². The highest BCUT2D eigenvalue weighted by molar-refractivity contribution is 4.80. The zero-order chi connectivity index (χ0) is 9.14. The fourth-order valence-corrected chi connectivity index (χ4v) is 1.29. The minimum atomic E-state index is -2.24. The van der Waals surface area contributed by atoms with Gasteiger partial charge in [-0.3, -0.25) is 0 Å². The molecule has 12 heavy (non-hydrogen) atoms. The largest absolute Gasteiger partial charge is 0.309 e. The van der Waals surface area contributed by atoms with E-state index in [9.17, 15) is 8.78 Å². The van der Waals surface area contributed by atoms with Crippen molar-refractivity contribution in [1.29, 1.82) is 0 Å². The number of halogens is 2. The van der Waals surface area contributed by atoms with Crippen molar-refractivity contribution < 1.29 is 8.78 Å². The van der Waals surface area contributed by atoms with Gasteiger partial charge in [0.15, 0.2) is 0 Å². The van der Waals surface area contributed by atoms with Gasteiger partial charge in [-0.05, 0) is 38.1 Å². The molecule has 3 heteroatoms. The van der Waals surface area contributed by atoms with Crippen LogP contribution in [0.5, 0.6) is 0 Å². The van der Waals surface area contributed by atoms with Gasteiger partial charge < -0.3 is 5.32 Å². The van der Waals surface area contributed by atoms with Crippen molar-refractivity contribution in [2.24, 2.45) is 11.8 Å². The van der Waals surface area contributed by atoms with Crippen LogP contribution in [0.3, 0.4) is 0 Å². The van der Waals surface area contributed by atoms with E-state index in [0.29, 0.717) is 5.92 Å². The summed E-state index contributed by atoms with van der Waals surface area (Å²) in [4.78, 5) is 0. The second-order valence-electron chi connectivity index (χ2n) is 3.85. The Hall–Kier alpha value is -0.180. The molecule has 1 N–H and O–H groups in total. The molecular formula is C9H17F2N. The van der Waals surface area contributed by atoms with Crippen LogP contribution in [-0.4, -0.2) is 19.0 Å². The first-order valence-corrected chi connectivity index (χ1v) is 4.62. The molecule has 1 aliphatic rings. The second-order valence-corrected chi connectivity index (χ2v) is 3.85. The zero-order valence-electron chi connectivity index (χ0n) is 7.69. The molecule has 1 rings (SSSR count). The van der Waals surface area contributed by atoms with Gasteiger partial charge in [0.25, 0.3) is 6.43 Å². The van der Waals surface area contributed by atoms with E-state index in [1.165, 1.54) is 19.8 Å². The Labute approximate surface area is 72.5 Å². The number of nitrogens with one attached hydrogen (secondary N) is 1. The smallest absolute Gasteiger partial charge is 0.253 e. The Morgan fingerprint density at radius 3 is 2.33 bits per heavy atom. The Morgan fingerprint density at radius 1 is 1.33 bits per heavy atom. The van der Waals surface area contributed by atoms with Crippen LogP contribution < -0.4 is 5.32 Å². The summed E-state index contributed by atoms with van der Waals surface area (Å²) >= 11 is 0. The summed E-state index contributed by atoms with van der Waals surface area (Å²) < 4.78 is 24.1. The highest BCUT2D eigenvalue weighted by atomic mass is 19.3. The highest BCUT2D eigenvalue weighted by Crippen LogP contribution is 2.36. The minimum Gasteiger partial charge on any atom is -0.309 e. The Bertz CT molecular complexity index is 126. The molecule has 0 saturated heterocycles. The summed E-state index contributed by atoms with van der Waals surface area (Å²) in [5.74, 6) is 1.36. The minimum absolute atomic E-state index is 0.561. The highest BCUT2D eigenvalue weighted by Gasteiger charge is 2.28. The van der Waals surface area contributed by atoms with Crippen molar-refractivity contribution in [3.8, 4) is 0 Å². The van der Waals surface area contributed by atoms with Crippen LogP contribution in [-0.2, 0) is 0 Å². The summed E-state index contributed by atoms with van der Waals surface area (Å²) in [5, 5.41) is 2.85. The van der Waals surface area contributed by atoms with Crippen LogP contribution in [0.4, 0.5) is 8.78 Å². The summed E-state index contributed by atoms with van der Waals surface area (Å²) in [5.41, 5.74) is 0. The monoisotopic (exact) mass is 177 g/mol. The van der Waals surface area contributed by atoms with E-state index in [4.69, 9.17) is 0 Å². The maximum atomic E-state index is 12.0. The van der Waals surface area contributed by atoms with E-state index >= 15 is 0 Å². The molecule has 0 heterocycles. The zero-order valence-corrected chi connectivity index (χ0v) is 7.69. The van der Waals surface area contributed by atoms with Crippen LogP contribution in [0.15, 0.2) is 0 Å². The first kappa shape index (κ1) is 9.90. The van der Waals surface area contributed by atoms with Gasteiger partial charge in [0, 0.05) is 0 Å². The van der Waals surface area contributed by atoms with E-state index < -0.39 is 12.5 Å². The average Bonchev–Trinajstić information content (AvgIpc) is 2.81. The molecule has 0 amide bonds. The van der Waals surface area contributed by atoms with Gasteiger partial charge in [-0.25, -0.2) is 8.78 Å². The molecule has 1 aliphatic carbocycles. The Balaban J connectivity index is 2.07. The van der Waals surface area contributed by atoms with E-state index in [-0.39, 0.29) is 0 Å². The third-order valence-corrected chi connectivity index (χ3v) is 2.57. The van der Waals surface area contributed by atoms with Gasteiger partial charge in [0.2, 0.25) is 0 Å². The molecule has 1 saturated carbocycles. The summed E-state index contributed by atoms with van der Waals surface area (Å²) in [7, 11) is 0. The summed E-state index contributed by atoms with van der Waals surface area (Å²) in [6.07, 6.45) is 0.328. The number of hydrogen-bond acceptors (Lipinski definition) is 1. The maximum Gasteiger partial charge on any atom is 0.253 e. The predicted octanol–water partition coefficient (Wildman–Crippen LogP) is 2.28. The molecule has 0 radical (unpaired) electrons. The Kier molecular flexibility index (Phi) is 3.44. The van der Waals surface area contributed by atoms with Crippen LogP contribution in [0.25, 0.3) is 0 Å². The molecule has 2 unspecified atom stereocenters. The van der Waals surface area contributed by atoms with E-state index in [0.717, 1.165) is 12.5 Å². The fraction of sp³-hybridized carbons (Fsp3) is 1.00. The molecule has 0 aromatic carbocycles. The van der Waals surface area contributed by atoms with Gasteiger partial charge in [-0.1, -0.05) is 6.92 Å². The van der Waals surface area contributed by atoms with Crippen LogP contribution in [0.1, 0.15) is 26.7 Å². The van der Waals surface area contributed by atoms with Crippen molar-refractivity contribution in [3.63, 3.8) is 0 Å². The second kappa shape index (κ2) is 4.17. The van der Waals surface area contributed by atoms with Gasteiger partial charge in [-0.15, -0.1) is 0 Å². The summed E-state index contributed by atoms with van der Waals surface area (Å²) in [6, 6.07) is -0.661. The normalized spacial score (nSPS) is 22.8. The third-order valence-electron chi connectivity index (χ3n) is 2.57. The van der Waals surface area contributed by atoms with Gasteiger partial charge in [0.1, 0.15) is 0 Å². The molecule has 0 bridgehead atoms. The summed E-state index contributed by atoms with van der Waals surface area (Å²) in [6.45, 7) is 4.39. The van der Waals surface area contributed by atoms with E-state index in [2.05, 4.69) is 12.2 Å². The Morgan fingerprint density at radius 2 is 1.92 bits per heavy atom. The molecule has 2 atom stereocenters. The number of rotatable bonds is 5. The first-order chi connectivity index (χ1) is 5.61. The molecular weight excluding hydrogens is 160 g/mol. The van der Waals surface area contributed by atoms with Crippen molar-refractivity contribution in [2.45, 2.75) is 39.2 Å². The third kappa shape index (κ3) is 3.05. The van der Waals surface area contributed by atoms with Crippen molar-refractivity contribution in [1.82, 2.24) is 5.32 Å². The van der Waals surface area contributed by atoms with Gasteiger partial charge in [0.05, 0.1) is 6.04 Å². The van der Waals surface area contributed by atoms with Gasteiger partial charge >= 0.3 is 0 Å². The van der Waals surface area contributed by atoms with Crippen LogP contribution in [0.2, 0.25) is 0 Å². The SMILES string of the molecule is CC(CNC(C)C(F)F)C1CC1. The van der Waals surface area contributed by atoms with Crippen molar-refractivity contribution in [2.75, 3.05) is 6.54 Å². The lowest BCUT2D eigenvalue weighted by Gasteiger charge is -2.16. The molecule has 0 spiro atoms. The van der Waals surface area contributed by atoms with Crippen molar-refractivity contribution in [3.05, 3.63) is 0 Å². The molecule has 72 valence electrons. The van der Waals surface area contributed by atoms with E-state index in [1.54, 1.807) is 0 Å². The molecule has 0 aromatic heterocycles. The molecule has 0 aromatic rings. The first-order valence-electron chi connectivity index (χ1n) is 4.62. The topological polar surface area (TPSA) is 12.0 Å². The molecule has 0 aliphatic heterocycles. The quantitative estimate of drug-likeness (QED) is 0.679. The maximum absolute atomic E-state index is 12.0. The number of alkyl halides is 2. The number of hydrogen-bond donors (Lipinski definition) is 1. The average molecular weight is 177 g/mol.